The molecule has 0 radical (unpaired) electrons. The van der Waals surface area contributed by atoms with Gasteiger partial charge in [-0.15, -0.1) is 0 Å². The molecule has 1 amide bonds. The van der Waals surface area contributed by atoms with E-state index >= 15 is 0 Å². The molecule has 0 aromatic carbocycles. The van der Waals surface area contributed by atoms with Gasteiger partial charge < -0.3 is 21.5 Å². The highest BCUT2D eigenvalue weighted by molar-refractivity contribution is 7.80. The van der Waals surface area contributed by atoms with Crippen LogP contribution in [0, 0.1) is 0 Å². The summed E-state index contributed by atoms with van der Waals surface area (Å²) in [6.45, 7) is 0. The Kier molecular flexibility index (Phi) is 4.74. The topological polar surface area (TPSA) is 103 Å². The first-order valence-electron chi connectivity index (χ1n) is 6.69. The molecule has 1 saturated carbocycles. The first-order valence-corrected chi connectivity index (χ1v) is 7.09. The molecule has 1 aliphatic carbocycles. The number of aromatic nitrogens is 1. The quantitative estimate of drug-likeness (QED) is 0.731. The lowest BCUT2D eigenvalue weighted by atomic mass is 9.92. The Bertz CT molecular complexity index is 587. The molecule has 0 saturated heterocycles. The van der Waals surface area contributed by atoms with E-state index in [1.807, 2.05) is 0 Å². The summed E-state index contributed by atoms with van der Waals surface area (Å²) < 4.78 is 31.1. The van der Waals surface area contributed by atoms with Crippen LogP contribution in [0.4, 0.5) is 19.4 Å². The lowest BCUT2D eigenvalue weighted by molar-refractivity contribution is -0.0361. The molecular weight excluding hydrogens is 314 g/mol. The number of thiocarbonyl (C=S) groups is 1. The number of alkyl halides is 2. The van der Waals surface area contributed by atoms with Crippen LogP contribution in [0.3, 0.4) is 0 Å². The molecule has 0 aliphatic heterocycles. The molecule has 0 atom stereocenters. The van der Waals surface area contributed by atoms with E-state index < -0.39 is 12.0 Å². The number of hydrogen-bond acceptors (Lipinski definition) is 5. The smallest absolute Gasteiger partial charge is 0.409 e. The van der Waals surface area contributed by atoms with Crippen molar-refractivity contribution >= 4 is 29.1 Å². The molecule has 1 aliphatic rings. The van der Waals surface area contributed by atoms with E-state index in [1.54, 1.807) is 0 Å². The molecule has 5 N–H and O–H groups in total. The minimum absolute atomic E-state index is 0.0214. The summed E-state index contributed by atoms with van der Waals surface area (Å²) in [5.41, 5.74) is 10.7. The Morgan fingerprint density at radius 1 is 1.36 bits per heavy atom. The van der Waals surface area contributed by atoms with Crippen molar-refractivity contribution in [2.75, 3.05) is 5.32 Å². The largest absolute Gasteiger partial charge is 0.410 e. The molecule has 9 heteroatoms. The van der Waals surface area contributed by atoms with Gasteiger partial charge in [0.15, 0.2) is 0 Å². The van der Waals surface area contributed by atoms with E-state index in [4.69, 9.17) is 28.4 Å². The van der Waals surface area contributed by atoms with Crippen LogP contribution < -0.4 is 21.5 Å². The predicted molar refractivity (Wildman–Crippen MR) is 81.2 cm³/mol. The van der Waals surface area contributed by atoms with E-state index in [0.29, 0.717) is 18.7 Å². The molecular formula is C13H16F2N4O2S. The maximum Gasteiger partial charge on any atom is 0.409 e. The van der Waals surface area contributed by atoms with Crippen LogP contribution in [-0.2, 0) is 0 Å². The number of anilines is 1. The molecule has 2 rings (SSSR count). The normalized spacial score (nSPS) is 17.7. The van der Waals surface area contributed by atoms with Gasteiger partial charge in [0.2, 0.25) is 5.92 Å². The van der Waals surface area contributed by atoms with Gasteiger partial charge in [-0.05, 0) is 12.8 Å². The Hall–Kier alpha value is -2.03. The van der Waals surface area contributed by atoms with Gasteiger partial charge in [0, 0.05) is 31.0 Å². The molecule has 1 heterocycles. The molecule has 0 spiro atoms. The second-order valence-electron chi connectivity index (χ2n) is 5.13. The number of nitrogens with one attached hydrogen (secondary N) is 1. The van der Waals surface area contributed by atoms with Crippen LogP contribution in [0.15, 0.2) is 12.1 Å². The van der Waals surface area contributed by atoms with Crippen molar-refractivity contribution < 1.29 is 18.3 Å². The Balaban J connectivity index is 2.14. The summed E-state index contributed by atoms with van der Waals surface area (Å²) >= 11 is 4.85. The SMILES string of the molecule is NC(=O)Oc1cc(NC2CCC(F)(F)CC2)nc(C(N)=S)c1. The second kappa shape index (κ2) is 6.39. The number of halogens is 2. The fraction of sp³-hybridized carbons (Fsp3) is 0.462. The lowest BCUT2D eigenvalue weighted by Gasteiger charge is -2.29. The number of amides is 1. The lowest BCUT2D eigenvalue weighted by Crippen LogP contribution is -2.32. The third-order valence-corrected chi connectivity index (χ3v) is 3.55. The van der Waals surface area contributed by atoms with Crippen molar-refractivity contribution in [2.24, 2.45) is 11.5 Å². The van der Waals surface area contributed by atoms with Gasteiger partial charge in [0.05, 0.1) is 0 Å². The van der Waals surface area contributed by atoms with Crippen molar-refractivity contribution in [3.63, 3.8) is 0 Å². The highest BCUT2D eigenvalue weighted by atomic mass is 32.1. The summed E-state index contributed by atoms with van der Waals surface area (Å²) in [6, 6.07) is 2.68. The number of primary amides is 1. The third kappa shape index (κ3) is 4.48. The van der Waals surface area contributed by atoms with Crippen LogP contribution in [0.5, 0.6) is 5.75 Å². The number of carbonyl (C=O) groups excluding carboxylic acids is 1. The highest BCUT2D eigenvalue weighted by Crippen LogP contribution is 2.34. The summed E-state index contributed by atoms with van der Waals surface area (Å²) in [7, 11) is 0. The monoisotopic (exact) mass is 330 g/mol. The predicted octanol–water partition coefficient (Wildman–Crippen LogP) is 2.16. The van der Waals surface area contributed by atoms with Crippen molar-refractivity contribution in [2.45, 2.75) is 37.6 Å². The molecule has 1 fully saturated rings. The Morgan fingerprint density at radius 2 is 2.00 bits per heavy atom. The van der Waals surface area contributed by atoms with Crippen molar-refractivity contribution in [1.29, 1.82) is 0 Å². The van der Waals surface area contributed by atoms with Gasteiger partial charge in [-0.25, -0.2) is 18.6 Å². The van der Waals surface area contributed by atoms with Crippen LogP contribution >= 0.6 is 12.2 Å². The number of nitrogens with zero attached hydrogens (tertiary/aromatic N) is 1. The van der Waals surface area contributed by atoms with Gasteiger partial charge in [0.25, 0.3) is 0 Å². The minimum atomic E-state index is -2.60. The second-order valence-corrected chi connectivity index (χ2v) is 5.57. The fourth-order valence-corrected chi connectivity index (χ4v) is 2.38. The molecule has 0 bridgehead atoms. The Labute approximate surface area is 131 Å². The third-order valence-electron chi connectivity index (χ3n) is 3.34. The van der Waals surface area contributed by atoms with E-state index in [0.717, 1.165) is 0 Å². The molecule has 1 aromatic rings. The van der Waals surface area contributed by atoms with E-state index in [2.05, 4.69) is 10.3 Å². The van der Waals surface area contributed by atoms with E-state index in [1.165, 1.54) is 12.1 Å². The summed E-state index contributed by atoms with van der Waals surface area (Å²) in [4.78, 5) is 15.0. The van der Waals surface area contributed by atoms with Gasteiger partial charge >= 0.3 is 6.09 Å². The Morgan fingerprint density at radius 3 is 2.55 bits per heavy atom. The number of pyridine rings is 1. The van der Waals surface area contributed by atoms with Gasteiger partial charge in [-0.3, -0.25) is 0 Å². The van der Waals surface area contributed by atoms with Crippen LogP contribution in [0.25, 0.3) is 0 Å². The van der Waals surface area contributed by atoms with Crippen LogP contribution in [0.1, 0.15) is 31.4 Å². The average molecular weight is 330 g/mol. The molecule has 6 nitrogen and oxygen atoms in total. The molecule has 0 unspecified atom stereocenters. The standard InChI is InChI=1S/C13H16F2N4O2S/c14-13(15)3-1-7(2-4-13)18-10-6-8(21-12(17)20)5-9(19-10)11(16)22/h5-7H,1-4H2,(H2,16,22)(H2,17,20)(H,18,19). The van der Waals surface area contributed by atoms with Crippen molar-refractivity contribution in [3.8, 4) is 5.75 Å². The fourth-order valence-electron chi connectivity index (χ4n) is 2.27. The number of rotatable bonds is 4. The van der Waals surface area contributed by atoms with E-state index in [-0.39, 0.29) is 35.3 Å². The zero-order valence-electron chi connectivity index (χ0n) is 11.6. The highest BCUT2D eigenvalue weighted by Gasteiger charge is 2.34. The maximum absolute atomic E-state index is 13.1. The number of ether oxygens (including phenoxy) is 1. The first kappa shape index (κ1) is 16.3. The van der Waals surface area contributed by atoms with Crippen molar-refractivity contribution in [3.05, 3.63) is 17.8 Å². The summed E-state index contributed by atoms with van der Waals surface area (Å²) in [5, 5.41) is 3.04. The van der Waals surface area contributed by atoms with Gasteiger partial charge in [-0.2, -0.15) is 0 Å². The maximum atomic E-state index is 13.1. The van der Waals surface area contributed by atoms with Crippen LogP contribution in [-0.4, -0.2) is 28.0 Å². The minimum Gasteiger partial charge on any atom is -0.410 e. The number of carbonyl (C=O) groups is 1. The van der Waals surface area contributed by atoms with Crippen LogP contribution in [0.2, 0.25) is 0 Å². The zero-order valence-corrected chi connectivity index (χ0v) is 12.5. The molecule has 1 aromatic heterocycles. The number of hydrogen-bond donors (Lipinski definition) is 3. The number of nitrogens with two attached hydrogens (primary N) is 2. The first-order chi connectivity index (χ1) is 10.2. The summed E-state index contributed by atoms with van der Waals surface area (Å²) in [6.07, 6.45) is -0.701. The average Bonchev–Trinajstić information content (AvgIpc) is 2.40. The molecule has 22 heavy (non-hydrogen) atoms. The summed E-state index contributed by atoms with van der Waals surface area (Å²) in [5.74, 6) is -2.13. The van der Waals surface area contributed by atoms with Crippen molar-refractivity contribution in [1.82, 2.24) is 4.98 Å². The van der Waals surface area contributed by atoms with Gasteiger partial charge in [0.1, 0.15) is 22.2 Å². The van der Waals surface area contributed by atoms with E-state index in [9.17, 15) is 13.6 Å². The van der Waals surface area contributed by atoms with Gasteiger partial charge in [-0.1, -0.05) is 12.2 Å². The zero-order chi connectivity index (χ0) is 16.3. The molecule has 120 valence electrons.